The maximum absolute atomic E-state index is 12.1. The summed E-state index contributed by atoms with van der Waals surface area (Å²) >= 11 is 0. The maximum atomic E-state index is 12.1. The largest absolute Gasteiger partial charge is 0.458 e. The first-order chi connectivity index (χ1) is 11.8. The van der Waals surface area contributed by atoms with Crippen molar-refractivity contribution in [1.29, 1.82) is 0 Å². The number of carbonyl (C=O) groups is 3. The van der Waals surface area contributed by atoms with Crippen LogP contribution in [0.3, 0.4) is 0 Å². The highest BCUT2D eigenvalue weighted by Crippen LogP contribution is 2.36. The van der Waals surface area contributed by atoms with Crippen molar-refractivity contribution in [2.75, 3.05) is 0 Å². The molecule has 25 heavy (non-hydrogen) atoms. The Labute approximate surface area is 148 Å². The first-order valence-corrected chi connectivity index (χ1v) is 8.38. The summed E-state index contributed by atoms with van der Waals surface area (Å²) in [4.78, 5) is 35.5. The highest BCUT2D eigenvalue weighted by atomic mass is 16.6. The molecule has 1 heterocycles. The van der Waals surface area contributed by atoms with E-state index in [-0.39, 0.29) is 12.0 Å². The smallest absolute Gasteiger partial charge is 0.334 e. The quantitative estimate of drug-likeness (QED) is 0.340. The number of aldehydes is 1. The molecule has 0 aromatic carbocycles. The number of hydrogen-bond donors (Lipinski definition) is 0. The van der Waals surface area contributed by atoms with Gasteiger partial charge in [-0.25, -0.2) is 9.59 Å². The molecule has 0 aromatic rings. The molecule has 0 N–H and O–H groups in total. The van der Waals surface area contributed by atoms with Crippen LogP contribution in [0.2, 0.25) is 0 Å². The van der Waals surface area contributed by atoms with E-state index in [1.165, 1.54) is 6.08 Å². The van der Waals surface area contributed by atoms with Gasteiger partial charge in [-0.3, -0.25) is 4.79 Å². The summed E-state index contributed by atoms with van der Waals surface area (Å²) in [6, 6.07) is 0. The predicted molar refractivity (Wildman–Crippen MR) is 93.6 cm³/mol. The van der Waals surface area contributed by atoms with Crippen molar-refractivity contribution in [2.45, 2.75) is 52.2 Å². The van der Waals surface area contributed by atoms with Crippen LogP contribution in [0.15, 0.2) is 47.1 Å². The Balaban J connectivity index is 2.41. The molecule has 134 valence electrons. The zero-order valence-electron chi connectivity index (χ0n) is 14.9. The molecule has 0 amide bonds. The molecule has 0 unspecified atom stereocenters. The molecule has 0 saturated carbocycles. The van der Waals surface area contributed by atoms with E-state index in [9.17, 15) is 14.4 Å². The summed E-state index contributed by atoms with van der Waals surface area (Å²) in [5.74, 6) is -1.49. The van der Waals surface area contributed by atoms with Gasteiger partial charge >= 0.3 is 11.9 Å². The second kappa shape index (κ2) is 8.10. The van der Waals surface area contributed by atoms with Crippen LogP contribution in [0.25, 0.3) is 0 Å². The lowest BCUT2D eigenvalue weighted by Crippen LogP contribution is -2.33. The van der Waals surface area contributed by atoms with E-state index in [1.54, 1.807) is 13.8 Å². The average molecular weight is 344 g/mol. The number of hydrogen-bond acceptors (Lipinski definition) is 5. The van der Waals surface area contributed by atoms with Crippen LogP contribution in [-0.2, 0) is 23.9 Å². The van der Waals surface area contributed by atoms with Gasteiger partial charge in [-0.15, -0.1) is 0 Å². The Morgan fingerprint density at radius 1 is 1.40 bits per heavy atom. The lowest BCUT2D eigenvalue weighted by molar-refractivity contribution is -0.146. The van der Waals surface area contributed by atoms with Crippen LogP contribution in [0, 0.1) is 5.92 Å². The second-order valence-corrected chi connectivity index (χ2v) is 6.77. The van der Waals surface area contributed by atoms with E-state index in [0.717, 1.165) is 23.9 Å². The molecular weight excluding hydrogens is 320 g/mol. The van der Waals surface area contributed by atoms with Gasteiger partial charge < -0.3 is 9.47 Å². The van der Waals surface area contributed by atoms with Gasteiger partial charge in [0.2, 0.25) is 0 Å². The fourth-order valence-corrected chi connectivity index (χ4v) is 3.10. The number of fused-ring (bicyclic) bond motifs is 1. The first kappa shape index (κ1) is 18.9. The third kappa shape index (κ3) is 4.78. The fraction of sp³-hybridized carbons (Fsp3) is 0.450. The Bertz CT molecular complexity index is 676. The molecule has 1 fully saturated rings. The molecule has 0 aromatic heterocycles. The lowest BCUT2D eigenvalue weighted by Gasteiger charge is -2.26. The van der Waals surface area contributed by atoms with Gasteiger partial charge in [-0.1, -0.05) is 23.8 Å². The van der Waals surface area contributed by atoms with Crippen molar-refractivity contribution < 1.29 is 23.9 Å². The van der Waals surface area contributed by atoms with E-state index >= 15 is 0 Å². The third-order valence-corrected chi connectivity index (χ3v) is 4.32. The standard InChI is InChI=1S/C20H24O5/c1-12(2)8-18(22)24-17-10-15(11-21)7-5-6-13(3)9-16-19(17)14(4)20(23)25-16/h7-9,11,16-17,19H,4-6,10H2,1-3H3/b13-9+,15-7+/t16-,17-,19+/m1/s1. The number of ether oxygens (including phenoxy) is 2. The van der Waals surface area contributed by atoms with Crippen LogP contribution >= 0.6 is 0 Å². The fourth-order valence-electron chi connectivity index (χ4n) is 3.10. The van der Waals surface area contributed by atoms with E-state index < -0.39 is 30.1 Å². The van der Waals surface area contributed by atoms with Crippen LogP contribution in [0.1, 0.15) is 40.0 Å². The van der Waals surface area contributed by atoms with Gasteiger partial charge in [-0.05, 0) is 45.3 Å². The summed E-state index contributed by atoms with van der Waals surface area (Å²) in [6.07, 6.45) is 6.40. The van der Waals surface area contributed by atoms with Gasteiger partial charge in [0, 0.05) is 18.1 Å². The molecule has 3 atom stereocenters. The lowest BCUT2D eigenvalue weighted by atomic mass is 9.85. The minimum atomic E-state index is -0.689. The molecule has 0 spiro atoms. The molecular formula is C20H24O5. The molecule has 5 nitrogen and oxygen atoms in total. The summed E-state index contributed by atoms with van der Waals surface area (Å²) in [5, 5.41) is 0. The Kier molecular flexibility index (Phi) is 6.12. The second-order valence-electron chi connectivity index (χ2n) is 6.77. The van der Waals surface area contributed by atoms with Crippen molar-refractivity contribution in [1.82, 2.24) is 0 Å². The molecule has 2 aliphatic rings. The van der Waals surface area contributed by atoms with Gasteiger partial charge in [0.15, 0.2) is 0 Å². The van der Waals surface area contributed by atoms with E-state index in [0.29, 0.717) is 12.0 Å². The first-order valence-electron chi connectivity index (χ1n) is 8.38. The van der Waals surface area contributed by atoms with Crippen molar-refractivity contribution in [3.8, 4) is 0 Å². The molecule has 2 rings (SSSR count). The van der Waals surface area contributed by atoms with E-state index in [1.807, 2.05) is 19.1 Å². The van der Waals surface area contributed by atoms with Crippen LogP contribution in [-0.4, -0.2) is 30.4 Å². The molecule has 1 aliphatic carbocycles. The number of carbonyl (C=O) groups excluding carboxylic acids is 3. The molecule has 1 saturated heterocycles. The third-order valence-electron chi connectivity index (χ3n) is 4.32. The molecule has 0 radical (unpaired) electrons. The highest BCUT2D eigenvalue weighted by Gasteiger charge is 2.44. The Morgan fingerprint density at radius 3 is 2.76 bits per heavy atom. The van der Waals surface area contributed by atoms with Gasteiger partial charge in [0.25, 0.3) is 0 Å². The van der Waals surface area contributed by atoms with E-state index in [2.05, 4.69) is 6.58 Å². The maximum Gasteiger partial charge on any atom is 0.334 e. The van der Waals surface area contributed by atoms with Gasteiger partial charge in [0.05, 0.1) is 5.92 Å². The minimum absolute atomic E-state index is 0.232. The van der Waals surface area contributed by atoms with E-state index in [4.69, 9.17) is 9.47 Å². The Hall–Kier alpha value is -2.43. The zero-order valence-corrected chi connectivity index (χ0v) is 14.9. The summed E-state index contributed by atoms with van der Waals surface area (Å²) < 4.78 is 11.0. The van der Waals surface area contributed by atoms with Crippen molar-refractivity contribution in [3.63, 3.8) is 0 Å². The van der Waals surface area contributed by atoms with Crippen molar-refractivity contribution in [2.24, 2.45) is 5.92 Å². The molecule has 0 bridgehead atoms. The van der Waals surface area contributed by atoms with Crippen LogP contribution in [0.5, 0.6) is 0 Å². The Morgan fingerprint density at radius 2 is 2.12 bits per heavy atom. The SMILES string of the molecule is C=C1C(=O)O[C@@H]2/C=C(\C)CC/C=C(/C=O)C[C@@H](OC(=O)C=C(C)C)[C@@H]12. The summed E-state index contributed by atoms with van der Waals surface area (Å²) in [7, 11) is 0. The molecule has 1 aliphatic heterocycles. The highest BCUT2D eigenvalue weighted by molar-refractivity contribution is 5.91. The number of rotatable bonds is 3. The minimum Gasteiger partial charge on any atom is -0.458 e. The summed E-state index contributed by atoms with van der Waals surface area (Å²) in [6.45, 7) is 9.36. The predicted octanol–water partition coefficient (Wildman–Crippen LogP) is 3.22. The average Bonchev–Trinajstić information content (AvgIpc) is 2.78. The monoisotopic (exact) mass is 344 g/mol. The molecule has 5 heteroatoms. The zero-order chi connectivity index (χ0) is 18.6. The van der Waals surface area contributed by atoms with Crippen molar-refractivity contribution in [3.05, 3.63) is 47.1 Å². The van der Waals surface area contributed by atoms with Gasteiger partial charge in [0.1, 0.15) is 18.5 Å². The van der Waals surface area contributed by atoms with Gasteiger partial charge in [-0.2, -0.15) is 0 Å². The van der Waals surface area contributed by atoms with Crippen molar-refractivity contribution >= 4 is 18.2 Å². The van der Waals surface area contributed by atoms with Crippen LogP contribution in [0.4, 0.5) is 0 Å². The summed E-state index contributed by atoms with van der Waals surface area (Å²) in [5.41, 5.74) is 2.68. The normalized spacial score (nSPS) is 30.8. The number of esters is 2. The topological polar surface area (TPSA) is 69.7 Å². The van der Waals surface area contributed by atoms with Crippen LogP contribution < -0.4 is 0 Å². The number of allylic oxidation sites excluding steroid dienone is 3.